The van der Waals surface area contributed by atoms with Crippen molar-refractivity contribution in [3.63, 3.8) is 0 Å². The minimum atomic E-state index is -0.696. The molecule has 2 aromatic rings. The van der Waals surface area contributed by atoms with E-state index in [4.69, 9.17) is 9.47 Å². The van der Waals surface area contributed by atoms with Gasteiger partial charge in [0.1, 0.15) is 5.75 Å². The number of carbonyl (C=O) groups excluding carboxylic acids is 2. The number of hydrogen-bond donors (Lipinski definition) is 0. The van der Waals surface area contributed by atoms with Crippen LogP contribution >= 0.6 is 0 Å². The van der Waals surface area contributed by atoms with Gasteiger partial charge in [-0.25, -0.2) is 4.79 Å². The first kappa shape index (κ1) is 20.1. The van der Waals surface area contributed by atoms with Gasteiger partial charge in [0.25, 0.3) is 5.69 Å². The van der Waals surface area contributed by atoms with Gasteiger partial charge in [-0.1, -0.05) is 38.1 Å². The Kier molecular flexibility index (Phi) is 6.65. The van der Waals surface area contributed by atoms with Crippen molar-refractivity contribution in [2.45, 2.75) is 26.7 Å². The molecule has 0 amide bonds. The summed E-state index contributed by atoms with van der Waals surface area (Å²) in [7, 11) is 0. The molecule has 0 aliphatic rings. The molecule has 27 heavy (non-hydrogen) atoms. The summed E-state index contributed by atoms with van der Waals surface area (Å²) in [6, 6.07) is 11.5. The number of aryl methyl sites for hydroxylation is 1. The Bertz CT molecular complexity index is 842. The minimum absolute atomic E-state index is 0.116. The molecule has 0 saturated carbocycles. The summed E-state index contributed by atoms with van der Waals surface area (Å²) in [4.78, 5) is 34.2. The maximum absolute atomic E-state index is 12.1. The van der Waals surface area contributed by atoms with Crippen molar-refractivity contribution < 1.29 is 24.0 Å². The maximum Gasteiger partial charge on any atom is 0.344 e. The van der Waals surface area contributed by atoms with E-state index >= 15 is 0 Å². The standard InChI is InChI=1S/C20H21NO6/c1-13(2)15-6-8-17(9-7-15)26-12-20(23)27-11-19(22)16-5-4-14(3)18(10-16)21(24)25/h4-10,13H,11-12H2,1-3H3. The molecule has 7 nitrogen and oxygen atoms in total. The first-order chi connectivity index (χ1) is 12.8. The van der Waals surface area contributed by atoms with Crippen molar-refractivity contribution in [1.82, 2.24) is 0 Å². The number of nitrogens with zero attached hydrogens (tertiary/aromatic N) is 1. The fourth-order valence-electron chi connectivity index (χ4n) is 2.34. The summed E-state index contributed by atoms with van der Waals surface area (Å²) < 4.78 is 10.2. The van der Waals surface area contributed by atoms with Crippen molar-refractivity contribution >= 4 is 17.4 Å². The molecular weight excluding hydrogens is 350 g/mol. The summed E-state index contributed by atoms with van der Waals surface area (Å²) in [5.74, 6) is -0.296. The van der Waals surface area contributed by atoms with Gasteiger partial charge in [-0.2, -0.15) is 0 Å². The van der Waals surface area contributed by atoms with Crippen LogP contribution in [0.4, 0.5) is 5.69 Å². The van der Waals surface area contributed by atoms with Gasteiger partial charge < -0.3 is 9.47 Å². The van der Waals surface area contributed by atoms with Gasteiger partial charge in [-0.05, 0) is 30.5 Å². The highest BCUT2D eigenvalue weighted by atomic mass is 16.6. The number of benzene rings is 2. The predicted octanol–water partition coefficient (Wildman–Crippen LogP) is 3.83. The topological polar surface area (TPSA) is 95.7 Å². The lowest BCUT2D eigenvalue weighted by molar-refractivity contribution is -0.385. The predicted molar refractivity (Wildman–Crippen MR) is 99.1 cm³/mol. The number of nitro groups is 1. The van der Waals surface area contributed by atoms with E-state index < -0.39 is 23.3 Å². The lowest BCUT2D eigenvalue weighted by Gasteiger charge is -2.09. The van der Waals surface area contributed by atoms with Crippen LogP contribution in [-0.4, -0.2) is 29.9 Å². The zero-order valence-corrected chi connectivity index (χ0v) is 15.4. The fourth-order valence-corrected chi connectivity index (χ4v) is 2.34. The molecule has 142 valence electrons. The lowest BCUT2D eigenvalue weighted by Crippen LogP contribution is -2.19. The smallest absolute Gasteiger partial charge is 0.344 e. The van der Waals surface area contributed by atoms with Crippen LogP contribution in [0.5, 0.6) is 5.75 Å². The van der Waals surface area contributed by atoms with Crippen LogP contribution < -0.4 is 4.74 Å². The first-order valence-electron chi connectivity index (χ1n) is 8.44. The second-order valence-corrected chi connectivity index (χ2v) is 6.35. The Morgan fingerprint density at radius 1 is 1.07 bits per heavy atom. The molecule has 0 radical (unpaired) electrons. The molecule has 0 atom stereocenters. The molecule has 2 rings (SSSR count). The highest BCUT2D eigenvalue weighted by Crippen LogP contribution is 2.20. The van der Waals surface area contributed by atoms with Gasteiger partial charge in [0.05, 0.1) is 4.92 Å². The number of hydrogen-bond acceptors (Lipinski definition) is 6. The summed E-state index contributed by atoms with van der Waals surface area (Å²) >= 11 is 0. The van der Waals surface area contributed by atoms with E-state index in [2.05, 4.69) is 13.8 Å². The van der Waals surface area contributed by atoms with Crippen molar-refractivity contribution in [1.29, 1.82) is 0 Å². The van der Waals surface area contributed by atoms with Gasteiger partial charge in [-0.3, -0.25) is 14.9 Å². The molecule has 0 aliphatic heterocycles. The van der Waals surface area contributed by atoms with E-state index in [1.165, 1.54) is 18.2 Å². The molecule has 0 fully saturated rings. The molecule has 0 spiro atoms. The van der Waals surface area contributed by atoms with Crippen LogP contribution in [0.15, 0.2) is 42.5 Å². The van der Waals surface area contributed by atoms with Gasteiger partial charge >= 0.3 is 5.97 Å². The van der Waals surface area contributed by atoms with Crippen LogP contribution in [0.25, 0.3) is 0 Å². The molecule has 2 aromatic carbocycles. The third-order valence-corrected chi connectivity index (χ3v) is 4.00. The number of Topliss-reactive ketones (excluding diaryl/α,β-unsaturated/α-hetero) is 1. The molecule has 0 saturated heterocycles. The Balaban J connectivity index is 1.85. The molecule has 0 aliphatic carbocycles. The molecule has 0 aromatic heterocycles. The van der Waals surface area contributed by atoms with Crippen LogP contribution in [-0.2, 0) is 9.53 Å². The number of ketones is 1. The minimum Gasteiger partial charge on any atom is -0.482 e. The third kappa shape index (κ3) is 5.64. The summed E-state index contributed by atoms with van der Waals surface area (Å²) in [5.41, 5.74) is 1.57. The van der Waals surface area contributed by atoms with E-state index in [0.29, 0.717) is 17.2 Å². The van der Waals surface area contributed by atoms with Gasteiger partial charge in [0.15, 0.2) is 13.2 Å². The van der Waals surface area contributed by atoms with Crippen molar-refractivity contribution in [2.24, 2.45) is 0 Å². The fraction of sp³-hybridized carbons (Fsp3) is 0.300. The van der Waals surface area contributed by atoms with Crippen LogP contribution in [0.1, 0.15) is 41.3 Å². The van der Waals surface area contributed by atoms with Crippen molar-refractivity contribution in [2.75, 3.05) is 13.2 Å². The molecule has 0 unspecified atom stereocenters. The summed E-state index contributed by atoms with van der Waals surface area (Å²) in [6.07, 6.45) is 0. The lowest BCUT2D eigenvalue weighted by atomic mass is 10.0. The molecule has 0 heterocycles. The Labute approximate surface area is 157 Å². The zero-order valence-electron chi connectivity index (χ0n) is 15.4. The van der Waals surface area contributed by atoms with Crippen molar-refractivity contribution in [3.05, 3.63) is 69.3 Å². The van der Waals surface area contributed by atoms with Gasteiger partial charge in [-0.15, -0.1) is 0 Å². The van der Waals surface area contributed by atoms with Crippen LogP contribution in [0.3, 0.4) is 0 Å². The second kappa shape index (κ2) is 8.93. The molecular formula is C20H21NO6. The highest BCUT2D eigenvalue weighted by Gasteiger charge is 2.16. The van der Waals surface area contributed by atoms with E-state index in [-0.39, 0.29) is 17.9 Å². The van der Waals surface area contributed by atoms with Crippen molar-refractivity contribution in [3.8, 4) is 5.75 Å². The molecule has 0 N–H and O–H groups in total. The maximum atomic E-state index is 12.1. The SMILES string of the molecule is Cc1ccc(C(=O)COC(=O)COc2ccc(C(C)C)cc2)cc1[N+](=O)[O-]. The van der Waals surface area contributed by atoms with E-state index in [0.717, 1.165) is 5.56 Å². The normalized spacial score (nSPS) is 10.5. The number of ether oxygens (including phenoxy) is 2. The Morgan fingerprint density at radius 3 is 2.33 bits per heavy atom. The number of nitro benzene ring substituents is 1. The average molecular weight is 371 g/mol. The highest BCUT2D eigenvalue weighted by molar-refractivity contribution is 5.98. The second-order valence-electron chi connectivity index (χ2n) is 6.35. The van der Waals surface area contributed by atoms with Gasteiger partial charge in [0.2, 0.25) is 5.78 Å². The first-order valence-corrected chi connectivity index (χ1v) is 8.44. The van der Waals surface area contributed by atoms with E-state index in [1.54, 1.807) is 19.1 Å². The number of rotatable bonds is 8. The largest absolute Gasteiger partial charge is 0.482 e. The summed E-state index contributed by atoms with van der Waals surface area (Å²) in [6.45, 7) is 4.90. The third-order valence-electron chi connectivity index (χ3n) is 4.00. The Hall–Kier alpha value is -3.22. The van der Waals surface area contributed by atoms with Gasteiger partial charge in [0, 0.05) is 17.2 Å². The molecule has 7 heteroatoms. The Morgan fingerprint density at radius 2 is 1.74 bits per heavy atom. The number of esters is 1. The average Bonchev–Trinajstić information content (AvgIpc) is 2.64. The van der Waals surface area contributed by atoms with Crippen LogP contribution in [0, 0.1) is 17.0 Å². The monoisotopic (exact) mass is 371 g/mol. The van der Waals surface area contributed by atoms with Crippen LogP contribution in [0.2, 0.25) is 0 Å². The quantitative estimate of drug-likeness (QED) is 0.303. The number of carbonyl (C=O) groups is 2. The van der Waals surface area contributed by atoms with E-state index in [1.807, 2.05) is 12.1 Å². The zero-order chi connectivity index (χ0) is 20.0. The van der Waals surface area contributed by atoms with E-state index in [9.17, 15) is 19.7 Å². The summed E-state index contributed by atoms with van der Waals surface area (Å²) in [5, 5.41) is 10.9. The molecule has 0 bridgehead atoms.